The van der Waals surface area contributed by atoms with Gasteiger partial charge in [-0.2, -0.15) is 25.3 Å². The molecule has 13 heteroatoms. The Morgan fingerprint density at radius 3 is 1.93 bits per heavy atom. The first kappa shape index (κ1) is 25.0. The van der Waals surface area contributed by atoms with Crippen LogP contribution in [0.15, 0.2) is 0 Å². The zero-order valence-corrected chi connectivity index (χ0v) is 16.5. The maximum absolute atomic E-state index is 12.4. The van der Waals surface area contributed by atoms with Crippen LogP contribution in [0, 0.1) is 0 Å². The van der Waals surface area contributed by atoms with Crippen LogP contribution in [0.25, 0.3) is 0 Å². The lowest BCUT2D eigenvalue weighted by Gasteiger charge is -2.22. The molecule has 0 saturated carbocycles. The van der Waals surface area contributed by atoms with E-state index in [1.165, 1.54) is 6.92 Å². The van der Waals surface area contributed by atoms with E-state index >= 15 is 0 Å². The third kappa shape index (κ3) is 9.49. The summed E-state index contributed by atoms with van der Waals surface area (Å²) in [6.07, 6.45) is -0.287. The monoisotopic (exact) mass is 423 g/mol. The summed E-state index contributed by atoms with van der Waals surface area (Å²) >= 11 is 7.71. The fraction of sp³-hybridized carbons (Fsp3) is 0.643. The number of carboxylic acids is 1. The summed E-state index contributed by atoms with van der Waals surface area (Å²) in [5.41, 5.74) is 10.6. The summed E-state index contributed by atoms with van der Waals surface area (Å²) < 4.78 is 0. The minimum Gasteiger partial charge on any atom is -0.480 e. The van der Waals surface area contributed by atoms with Crippen LogP contribution in [0.1, 0.15) is 19.8 Å². The number of carbonyl (C=O) groups is 5. The van der Waals surface area contributed by atoms with Gasteiger partial charge in [-0.25, -0.2) is 4.79 Å². The number of rotatable bonds is 12. The number of nitrogens with one attached hydrogen (secondary N) is 3. The van der Waals surface area contributed by atoms with E-state index in [0.717, 1.165) is 0 Å². The van der Waals surface area contributed by atoms with Crippen LogP contribution < -0.4 is 27.4 Å². The Morgan fingerprint density at radius 1 is 0.926 bits per heavy atom. The van der Waals surface area contributed by atoms with E-state index in [-0.39, 0.29) is 24.3 Å². The van der Waals surface area contributed by atoms with Crippen LogP contribution in [0.3, 0.4) is 0 Å². The second kappa shape index (κ2) is 12.4. The number of primary amides is 1. The number of carboxylic acid groups (broad SMARTS) is 1. The number of amides is 4. The predicted octanol–water partition coefficient (Wildman–Crippen LogP) is -3.00. The topological polar surface area (TPSA) is 194 Å². The lowest BCUT2D eigenvalue weighted by molar-refractivity contribution is -0.141. The van der Waals surface area contributed by atoms with Crippen molar-refractivity contribution < 1.29 is 29.1 Å². The quantitative estimate of drug-likeness (QED) is 0.153. The Bertz CT molecular complexity index is 576. The molecule has 0 heterocycles. The SMILES string of the molecule is CC(NC(=O)C(CCC(N)=O)NC(=O)C(N)CS)C(=O)NC(CS)C(=O)O. The Kier molecular flexibility index (Phi) is 11.5. The van der Waals surface area contributed by atoms with Crippen molar-refractivity contribution in [2.24, 2.45) is 11.5 Å². The van der Waals surface area contributed by atoms with Gasteiger partial charge >= 0.3 is 5.97 Å². The molecule has 4 amide bonds. The average molecular weight is 424 g/mol. The number of hydrogen-bond donors (Lipinski definition) is 8. The number of carbonyl (C=O) groups excluding carboxylic acids is 4. The molecule has 27 heavy (non-hydrogen) atoms. The molecule has 0 radical (unpaired) electrons. The molecule has 8 N–H and O–H groups in total. The molecule has 0 aliphatic rings. The molecule has 0 bridgehead atoms. The highest BCUT2D eigenvalue weighted by Gasteiger charge is 2.27. The van der Waals surface area contributed by atoms with Crippen molar-refractivity contribution in [1.29, 1.82) is 0 Å². The van der Waals surface area contributed by atoms with Crippen LogP contribution in [0.5, 0.6) is 0 Å². The van der Waals surface area contributed by atoms with E-state index in [1.54, 1.807) is 0 Å². The van der Waals surface area contributed by atoms with E-state index < -0.39 is 53.8 Å². The molecule has 0 rings (SSSR count). The molecule has 0 aliphatic carbocycles. The lowest BCUT2D eigenvalue weighted by Crippen LogP contribution is -2.56. The molecular formula is C14H25N5O6S2. The molecule has 0 spiro atoms. The minimum atomic E-state index is -1.27. The molecule has 0 aromatic heterocycles. The summed E-state index contributed by atoms with van der Waals surface area (Å²) in [6, 6.07) is -4.46. The van der Waals surface area contributed by atoms with Gasteiger partial charge in [-0.15, -0.1) is 0 Å². The Morgan fingerprint density at radius 2 is 1.48 bits per heavy atom. The highest BCUT2D eigenvalue weighted by molar-refractivity contribution is 7.80. The summed E-state index contributed by atoms with van der Waals surface area (Å²) in [6.45, 7) is 1.33. The van der Waals surface area contributed by atoms with E-state index in [9.17, 15) is 24.0 Å². The predicted molar refractivity (Wildman–Crippen MR) is 103 cm³/mol. The summed E-state index contributed by atoms with van der Waals surface area (Å²) in [4.78, 5) is 58.1. The Hall–Kier alpha value is -1.99. The van der Waals surface area contributed by atoms with Crippen LogP contribution >= 0.6 is 25.3 Å². The maximum Gasteiger partial charge on any atom is 0.327 e. The molecule has 154 valence electrons. The number of thiol groups is 2. The standard InChI is InChI=1S/C14H25N5O6S2/c1-6(11(21)19-9(5-27)14(24)25)17-13(23)8(2-3-10(16)20)18-12(22)7(15)4-26/h6-9,26-27H,2-5,15H2,1H3,(H2,16,20)(H,17,23)(H,18,22)(H,19,21)(H,24,25). The van der Waals surface area contributed by atoms with Crippen molar-refractivity contribution in [3.05, 3.63) is 0 Å². The first-order valence-electron chi connectivity index (χ1n) is 7.93. The number of aliphatic carboxylic acids is 1. The summed E-state index contributed by atoms with van der Waals surface area (Å²) in [5.74, 6) is -4.22. The molecule has 0 aromatic rings. The third-order valence-electron chi connectivity index (χ3n) is 3.40. The first-order chi connectivity index (χ1) is 12.5. The number of nitrogens with two attached hydrogens (primary N) is 2. The van der Waals surface area contributed by atoms with Gasteiger partial charge in [0.15, 0.2) is 0 Å². The van der Waals surface area contributed by atoms with Gasteiger partial charge < -0.3 is 32.5 Å². The van der Waals surface area contributed by atoms with Gasteiger partial charge in [0, 0.05) is 17.9 Å². The summed E-state index contributed by atoms with van der Waals surface area (Å²) in [7, 11) is 0. The lowest BCUT2D eigenvalue weighted by atomic mass is 10.1. The van der Waals surface area contributed by atoms with Crippen LogP contribution in [-0.4, -0.2) is 70.4 Å². The van der Waals surface area contributed by atoms with Crippen LogP contribution in [0.4, 0.5) is 0 Å². The van der Waals surface area contributed by atoms with Crippen molar-refractivity contribution in [3.63, 3.8) is 0 Å². The molecule has 4 unspecified atom stereocenters. The largest absolute Gasteiger partial charge is 0.480 e. The van der Waals surface area contributed by atoms with E-state index in [0.29, 0.717) is 0 Å². The fourth-order valence-electron chi connectivity index (χ4n) is 1.78. The van der Waals surface area contributed by atoms with Gasteiger partial charge in [0.1, 0.15) is 18.1 Å². The zero-order valence-electron chi connectivity index (χ0n) is 14.7. The van der Waals surface area contributed by atoms with E-state index in [1.807, 2.05) is 0 Å². The van der Waals surface area contributed by atoms with Crippen molar-refractivity contribution in [2.75, 3.05) is 11.5 Å². The zero-order chi connectivity index (χ0) is 21.1. The van der Waals surface area contributed by atoms with Gasteiger partial charge in [0.2, 0.25) is 23.6 Å². The molecule has 4 atom stereocenters. The van der Waals surface area contributed by atoms with Crippen molar-refractivity contribution >= 4 is 54.9 Å². The molecule has 0 aliphatic heterocycles. The second-order valence-corrected chi connectivity index (χ2v) is 6.40. The Balaban J connectivity index is 4.98. The second-order valence-electron chi connectivity index (χ2n) is 5.67. The van der Waals surface area contributed by atoms with Gasteiger partial charge in [0.05, 0.1) is 6.04 Å². The van der Waals surface area contributed by atoms with Gasteiger partial charge in [-0.05, 0) is 13.3 Å². The van der Waals surface area contributed by atoms with Gasteiger partial charge in [-0.1, -0.05) is 0 Å². The van der Waals surface area contributed by atoms with Crippen LogP contribution in [0.2, 0.25) is 0 Å². The van der Waals surface area contributed by atoms with Gasteiger partial charge in [-0.3, -0.25) is 19.2 Å². The van der Waals surface area contributed by atoms with Crippen molar-refractivity contribution in [2.45, 2.75) is 43.9 Å². The molecule has 0 fully saturated rings. The Labute approximate surface area is 167 Å². The van der Waals surface area contributed by atoms with Crippen molar-refractivity contribution in [1.82, 2.24) is 16.0 Å². The number of hydrogen-bond acceptors (Lipinski definition) is 8. The highest BCUT2D eigenvalue weighted by atomic mass is 32.1. The van der Waals surface area contributed by atoms with Gasteiger partial charge in [0.25, 0.3) is 0 Å². The molecule has 0 saturated heterocycles. The first-order valence-corrected chi connectivity index (χ1v) is 9.19. The molecular weight excluding hydrogens is 398 g/mol. The average Bonchev–Trinajstić information content (AvgIpc) is 2.60. The normalized spacial score (nSPS) is 15.0. The summed E-state index contributed by atoms with van der Waals surface area (Å²) in [5, 5.41) is 15.8. The fourth-order valence-corrected chi connectivity index (χ4v) is 2.19. The molecule has 0 aromatic carbocycles. The highest BCUT2D eigenvalue weighted by Crippen LogP contribution is 2.00. The van der Waals surface area contributed by atoms with E-state index in [2.05, 4.69) is 41.2 Å². The third-order valence-corrected chi connectivity index (χ3v) is 4.15. The van der Waals surface area contributed by atoms with Crippen LogP contribution in [-0.2, 0) is 24.0 Å². The minimum absolute atomic E-state index is 0.0368. The van der Waals surface area contributed by atoms with Crippen molar-refractivity contribution in [3.8, 4) is 0 Å². The van der Waals surface area contributed by atoms with E-state index in [4.69, 9.17) is 16.6 Å². The smallest absolute Gasteiger partial charge is 0.327 e. The molecule has 11 nitrogen and oxygen atoms in total. The maximum atomic E-state index is 12.4.